The van der Waals surface area contributed by atoms with E-state index >= 15 is 0 Å². The van der Waals surface area contributed by atoms with Gasteiger partial charge in [0.25, 0.3) is 0 Å². The number of esters is 1. The Kier molecular flexibility index (Phi) is 11.4. The molecular weight excluding hydrogens is 510 g/mol. The Balaban J connectivity index is 1.37. The number of ether oxygens (including phenoxy) is 2. The van der Waals surface area contributed by atoms with Crippen molar-refractivity contribution < 1.29 is 28.7 Å². The average Bonchev–Trinajstić information content (AvgIpc) is 2.95. The minimum atomic E-state index is -0.879. The molecule has 0 aliphatic carbocycles. The summed E-state index contributed by atoms with van der Waals surface area (Å²) in [5.41, 5.74) is 0.342. The number of piperidine rings is 2. The highest BCUT2D eigenvalue weighted by atomic mass is 16.6. The Labute approximate surface area is 237 Å². The summed E-state index contributed by atoms with van der Waals surface area (Å²) in [5, 5.41) is 2.79. The highest BCUT2D eigenvalue weighted by molar-refractivity contribution is 5.82. The van der Waals surface area contributed by atoms with Gasteiger partial charge >= 0.3 is 12.1 Å². The first-order chi connectivity index (χ1) is 19.1. The highest BCUT2D eigenvalue weighted by Crippen LogP contribution is 2.25. The number of rotatable bonds is 9. The molecule has 0 unspecified atom stereocenters. The molecule has 9 nitrogen and oxygen atoms in total. The minimum absolute atomic E-state index is 0.00457. The molecule has 1 aromatic rings. The molecule has 2 atom stereocenters. The van der Waals surface area contributed by atoms with Crippen molar-refractivity contribution >= 4 is 23.9 Å². The number of hydrogen-bond acceptors (Lipinski definition) is 6. The third-order valence-corrected chi connectivity index (χ3v) is 7.37. The minimum Gasteiger partial charge on any atom is -0.460 e. The lowest BCUT2D eigenvalue weighted by molar-refractivity contribution is -0.147. The largest absolute Gasteiger partial charge is 0.460 e. The van der Waals surface area contributed by atoms with Gasteiger partial charge in [-0.1, -0.05) is 36.3 Å². The smallest absolute Gasteiger partial charge is 0.410 e. The van der Waals surface area contributed by atoms with Crippen LogP contribution in [0.15, 0.2) is 30.3 Å². The highest BCUT2D eigenvalue weighted by Gasteiger charge is 2.31. The van der Waals surface area contributed by atoms with Crippen molar-refractivity contribution in [1.82, 2.24) is 15.1 Å². The second-order valence-corrected chi connectivity index (χ2v) is 11.7. The number of hydrogen-bond donors (Lipinski definition) is 1. The summed E-state index contributed by atoms with van der Waals surface area (Å²) in [5.74, 6) is 0.869. The number of amides is 3. The molecule has 3 amide bonds. The first kappa shape index (κ1) is 31.0. The lowest BCUT2D eigenvalue weighted by Gasteiger charge is -2.34. The summed E-state index contributed by atoms with van der Waals surface area (Å²) in [7, 11) is 0. The van der Waals surface area contributed by atoms with Crippen LogP contribution in [-0.4, -0.2) is 72.0 Å². The Morgan fingerprint density at radius 1 is 1.05 bits per heavy atom. The molecule has 2 fully saturated rings. The lowest BCUT2D eigenvalue weighted by Crippen LogP contribution is -2.46. The predicted molar refractivity (Wildman–Crippen MR) is 151 cm³/mol. The Bertz CT molecular complexity index is 1050. The van der Waals surface area contributed by atoms with Crippen LogP contribution in [0.5, 0.6) is 0 Å². The Morgan fingerprint density at radius 3 is 2.40 bits per heavy atom. The molecule has 0 spiro atoms. The molecule has 1 aromatic carbocycles. The van der Waals surface area contributed by atoms with E-state index in [1.807, 2.05) is 51.1 Å². The fourth-order valence-electron chi connectivity index (χ4n) is 5.02. The number of nitrogens with zero attached hydrogens (tertiary/aromatic N) is 2. The molecule has 2 aliphatic heterocycles. The van der Waals surface area contributed by atoms with Gasteiger partial charge < -0.3 is 24.6 Å². The van der Waals surface area contributed by atoms with Crippen molar-refractivity contribution in [3.8, 4) is 12.3 Å². The number of carbonyl (C=O) groups is 4. The number of likely N-dealkylation sites (tertiary alicyclic amines) is 2. The number of carbonyl (C=O) groups excluding carboxylic acids is 4. The standard InChI is InChI=1S/C31H43N3O6/c1-5-25(29(37)39-22-24-10-7-6-8-11-24)20-32-28(36)26-12-9-17-34(21-26)27(35)14-13-23-15-18-33(19-16-23)30(38)40-31(2,3)4/h1,6-8,10-11,23,25-26H,9,12-22H2,2-4H3,(H,32,36)/t25-,26+/m0/s1. The van der Waals surface area contributed by atoms with E-state index < -0.39 is 17.5 Å². The third-order valence-electron chi connectivity index (χ3n) is 7.37. The molecule has 0 bridgehead atoms. The van der Waals surface area contributed by atoms with Crippen molar-refractivity contribution in [2.45, 2.75) is 71.5 Å². The summed E-state index contributed by atoms with van der Waals surface area (Å²) in [6, 6.07) is 9.30. The molecule has 2 aliphatic rings. The van der Waals surface area contributed by atoms with E-state index in [-0.39, 0.29) is 37.0 Å². The molecule has 0 aromatic heterocycles. The van der Waals surface area contributed by atoms with Crippen molar-refractivity contribution in [1.29, 1.82) is 0 Å². The van der Waals surface area contributed by atoms with Gasteiger partial charge in [0.1, 0.15) is 18.1 Å². The van der Waals surface area contributed by atoms with Crippen LogP contribution < -0.4 is 5.32 Å². The van der Waals surface area contributed by atoms with Gasteiger partial charge in [0, 0.05) is 39.1 Å². The van der Waals surface area contributed by atoms with Crippen molar-refractivity contribution in [2.24, 2.45) is 17.8 Å². The zero-order valence-electron chi connectivity index (χ0n) is 24.0. The second-order valence-electron chi connectivity index (χ2n) is 11.7. The normalized spacial score (nSPS) is 18.8. The molecule has 40 heavy (non-hydrogen) atoms. The van der Waals surface area contributed by atoms with E-state index in [0.717, 1.165) is 31.2 Å². The number of nitrogens with one attached hydrogen (secondary N) is 1. The van der Waals surface area contributed by atoms with Crippen LogP contribution in [0.25, 0.3) is 0 Å². The fraction of sp³-hybridized carbons (Fsp3) is 0.613. The van der Waals surface area contributed by atoms with E-state index in [2.05, 4.69) is 11.2 Å². The molecule has 9 heteroatoms. The summed E-state index contributed by atoms with van der Waals surface area (Å²) >= 11 is 0. The third kappa shape index (κ3) is 9.89. The van der Waals surface area contributed by atoms with Gasteiger partial charge in [0.15, 0.2) is 0 Å². The van der Waals surface area contributed by atoms with Gasteiger partial charge in [0.05, 0.1) is 5.92 Å². The Hall–Kier alpha value is -3.54. The summed E-state index contributed by atoms with van der Waals surface area (Å²) in [4.78, 5) is 54.0. The van der Waals surface area contributed by atoms with Gasteiger partial charge in [-0.15, -0.1) is 6.42 Å². The lowest BCUT2D eigenvalue weighted by atomic mass is 9.91. The number of terminal acetylenes is 1. The topological polar surface area (TPSA) is 105 Å². The summed E-state index contributed by atoms with van der Waals surface area (Å²) < 4.78 is 10.8. The first-order valence-corrected chi connectivity index (χ1v) is 14.3. The van der Waals surface area contributed by atoms with Crippen LogP contribution in [0.4, 0.5) is 4.79 Å². The van der Waals surface area contributed by atoms with Crippen LogP contribution in [0.1, 0.15) is 64.9 Å². The quantitative estimate of drug-likeness (QED) is 0.369. The molecule has 0 radical (unpaired) electrons. The molecule has 3 rings (SSSR count). The summed E-state index contributed by atoms with van der Waals surface area (Å²) in [6.07, 6.45) is 9.57. The van der Waals surface area contributed by atoms with Crippen molar-refractivity contribution in [3.05, 3.63) is 35.9 Å². The average molecular weight is 554 g/mol. The Morgan fingerprint density at radius 2 is 1.75 bits per heavy atom. The maximum Gasteiger partial charge on any atom is 0.410 e. The summed E-state index contributed by atoms with van der Waals surface area (Å²) in [6.45, 7) is 7.96. The molecule has 218 valence electrons. The maximum absolute atomic E-state index is 13.0. The molecular formula is C31H43N3O6. The van der Waals surface area contributed by atoms with Crippen LogP contribution in [0.3, 0.4) is 0 Å². The maximum atomic E-state index is 13.0. The predicted octanol–water partition coefficient (Wildman–Crippen LogP) is 3.76. The zero-order valence-corrected chi connectivity index (χ0v) is 24.0. The molecule has 1 N–H and O–H groups in total. The fourth-order valence-corrected chi connectivity index (χ4v) is 5.02. The van der Waals surface area contributed by atoms with E-state index in [9.17, 15) is 19.2 Å². The number of benzene rings is 1. The zero-order chi connectivity index (χ0) is 29.1. The second kappa shape index (κ2) is 14.7. The van der Waals surface area contributed by atoms with Crippen LogP contribution in [-0.2, 0) is 30.5 Å². The van der Waals surface area contributed by atoms with E-state index in [4.69, 9.17) is 15.9 Å². The van der Waals surface area contributed by atoms with Gasteiger partial charge in [-0.25, -0.2) is 4.79 Å². The van der Waals surface area contributed by atoms with E-state index in [1.54, 1.807) is 9.80 Å². The van der Waals surface area contributed by atoms with Gasteiger partial charge in [0.2, 0.25) is 11.8 Å². The molecule has 2 saturated heterocycles. The van der Waals surface area contributed by atoms with E-state index in [1.165, 1.54) is 0 Å². The SMILES string of the molecule is C#C[C@@H](CNC(=O)[C@@H]1CCCN(C(=O)CCC2CCN(C(=O)OC(C)(C)C)CC2)C1)C(=O)OCc1ccccc1. The van der Waals surface area contributed by atoms with E-state index in [0.29, 0.717) is 44.9 Å². The molecule has 0 saturated carbocycles. The van der Waals surface area contributed by atoms with Gasteiger partial charge in [-0.2, -0.15) is 0 Å². The van der Waals surface area contributed by atoms with Crippen molar-refractivity contribution in [2.75, 3.05) is 32.7 Å². The van der Waals surface area contributed by atoms with Crippen LogP contribution in [0.2, 0.25) is 0 Å². The van der Waals surface area contributed by atoms with Crippen LogP contribution in [0, 0.1) is 30.1 Å². The monoisotopic (exact) mass is 553 g/mol. The van der Waals surface area contributed by atoms with Gasteiger partial charge in [-0.3, -0.25) is 14.4 Å². The first-order valence-electron chi connectivity index (χ1n) is 14.3. The van der Waals surface area contributed by atoms with Crippen molar-refractivity contribution in [3.63, 3.8) is 0 Å². The van der Waals surface area contributed by atoms with Crippen LogP contribution >= 0.6 is 0 Å². The van der Waals surface area contributed by atoms with Gasteiger partial charge in [-0.05, 0) is 64.4 Å². The molecule has 2 heterocycles.